The number of aliphatic hydroxyl groups excluding tert-OH is 1. The molecule has 0 saturated carbocycles. The lowest BCUT2D eigenvalue weighted by molar-refractivity contribution is -0.153. The molecule has 1 fully saturated rings. The van der Waals surface area contributed by atoms with Crippen LogP contribution in [0, 0.1) is 0 Å². The van der Waals surface area contributed by atoms with Gasteiger partial charge >= 0.3 is 5.97 Å². The minimum atomic E-state index is -1.07. The average molecular weight is 496 g/mol. The van der Waals surface area contributed by atoms with E-state index in [4.69, 9.17) is 4.74 Å². The highest BCUT2D eigenvalue weighted by molar-refractivity contribution is 5.88. The van der Waals surface area contributed by atoms with E-state index in [1.165, 1.54) is 7.11 Å². The van der Waals surface area contributed by atoms with Crippen LogP contribution in [0.4, 0.5) is 0 Å². The highest BCUT2D eigenvalue weighted by Crippen LogP contribution is 2.27. The molecule has 1 unspecified atom stereocenters. The molecule has 8 nitrogen and oxygen atoms in total. The van der Waals surface area contributed by atoms with Crippen molar-refractivity contribution in [3.8, 4) is 0 Å². The van der Waals surface area contributed by atoms with Gasteiger partial charge in [0, 0.05) is 39.6 Å². The molecular weight excluding hydrogens is 458 g/mol. The number of carbonyl (C=O) groups is 3. The van der Waals surface area contributed by atoms with Gasteiger partial charge < -0.3 is 25.0 Å². The summed E-state index contributed by atoms with van der Waals surface area (Å²) in [6, 6.07) is 19.4. The van der Waals surface area contributed by atoms with Crippen molar-refractivity contribution in [2.45, 2.75) is 37.1 Å². The molecule has 0 radical (unpaired) electrons. The SMILES string of the molecule is COC(=O)C1(NC(=O)CCc2ccccc2)CCN(CC(C(=O)N(C)CCO)c2ccccc2)CC1. The van der Waals surface area contributed by atoms with Crippen molar-refractivity contribution in [3.63, 3.8) is 0 Å². The lowest BCUT2D eigenvalue weighted by Crippen LogP contribution is -2.61. The van der Waals surface area contributed by atoms with E-state index in [0.717, 1.165) is 11.1 Å². The minimum absolute atomic E-state index is 0.0609. The Hall–Kier alpha value is -3.23. The van der Waals surface area contributed by atoms with Gasteiger partial charge in [0.2, 0.25) is 11.8 Å². The fourth-order valence-electron chi connectivity index (χ4n) is 4.72. The molecule has 0 aromatic heterocycles. The molecular formula is C28H37N3O5. The number of hydrogen-bond acceptors (Lipinski definition) is 6. The molecule has 1 aliphatic heterocycles. The standard InChI is InChI=1S/C28H37N3O5/c1-30(19-20-32)26(34)24(23-11-7-4-8-12-23)21-31-17-15-28(16-18-31,27(35)36-2)29-25(33)14-13-22-9-5-3-6-10-22/h3-12,24,32H,13-21H2,1-2H3,(H,29,33). The van der Waals surface area contributed by atoms with Gasteiger partial charge in [-0.1, -0.05) is 60.7 Å². The van der Waals surface area contributed by atoms with Crippen molar-refractivity contribution in [2.75, 3.05) is 46.9 Å². The van der Waals surface area contributed by atoms with Crippen LogP contribution in [-0.4, -0.2) is 85.2 Å². The number of likely N-dealkylation sites (tertiary alicyclic amines) is 1. The summed E-state index contributed by atoms with van der Waals surface area (Å²) >= 11 is 0. The summed E-state index contributed by atoms with van der Waals surface area (Å²) in [6.45, 7) is 1.72. The first kappa shape index (κ1) is 27.4. The van der Waals surface area contributed by atoms with Crippen molar-refractivity contribution in [1.29, 1.82) is 0 Å². The number of likely N-dealkylation sites (N-methyl/N-ethyl adjacent to an activating group) is 1. The van der Waals surface area contributed by atoms with Gasteiger partial charge in [-0.15, -0.1) is 0 Å². The smallest absolute Gasteiger partial charge is 0.331 e. The summed E-state index contributed by atoms with van der Waals surface area (Å²) in [5.74, 6) is -1.07. The van der Waals surface area contributed by atoms with Gasteiger partial charge in [0.1, 0.15) is 5.54 Å². The Morgan fingerprint density at radius 2 is 1.67 bits per heavy atom. The summed E-state index contributed by atoms with van der Waals surface area (Å²) in [5.41, 5.74) is 0.905. The molecule has 1 saturated heterocycles. The predicted molar refractivity (Wildman–Crippen MR) is 137 cm³/mol. The normalized spacial score (nSPS) is 16.1. The van der Waals surface area contributed by atoms with E-state index in [1.54, 1.807) is 11.9 Å². The van der Waals surface area contributed by atoms with Crippen LogP contribution >= 0.6 is 0 Å². The summed E-state index contributed by atoms with van der Waals surface area (Å²) in [4.78, 5) is 42.4. The summed E-state index contributed by atoms with van der Waals surface area (Å²) in [5, 5.41) is 12.3. The first-order valence-corrected chi connectivity index (χ1v) is 12.4. The number of nitrogens with one attached hydrogen (secondary N) is 1. The lowest BCUT2D eigenvalue weighted by Gasteiger charge is -2.41. The van der Waals surface area contributed by atoms with Crippen molar-refractivity contribution in [2.24, 2.45) is 0 Å². The Labute approximate surface area is 213 Å². The summed E-state index contributed by atoms with van der Waals surface area (Å²) in [7, 11) is 3.03. The molecule has 2 aromatic carbocycles. The molecule has 1 aliphatic rings. The molecule has 3 rings (SSSR count). The Bertz CT molecular complexity index is 991. The van der Waals surface area contributed by atoms with Gasteiger partial charge in [-0.25, -0.2) is 4.79 Å². The predicted octanol–water partition coefficient (Wildman–Crippen LogP) is 1.98. The number of amides is 2. The topological polar surface area (TPSA) is 99.2 Å². The first-order chi connectivity index (χ1) is 17.4. The van der Waals surface area contributed by atoms with Gasteiger partial charge in [-0.3, -0.25) is 9.59 Å². The third-order valence-electron chi connectivity index (χ3n) is 6.90. The second kappa shape index (κ2) is 13.2. The van der Waals surface area contributed by atoms with Crippen LogP contribution in [0.15, 0.2) is 60.7 Å². The number of esters is 1. The molecule has 2 aromatic rings. The largest absolute Gasteiger partial charge is 0.467 e. The number of ether oxygens (including phenoxy) is 1. The van der Waals surface area contributed by atoms with E-state index < -0.39 is 17.4 Å². The molecule has 1 atom stereocenters. The van der Waals surface area contributed by atoms with Gasteiger partial charge in [0.05, 0.1) is 19.6 Å². The van der Waals surface area contributed by atoms with E-state index in [9.17, 15) is 19.5 Å². The van der Waals surface area contributed by atoms with Gasteiger partial charge in [0.25, 0.3) is 0 Å². The fourth-order valence-corrected chi connectivity index (χ4v) is 4.72. The second-order valence-corrected chi connectivity index (χ2v) is 9.35. The average Bonchev–Trinajstić information content (AvgIpc) is 2.91. The van der Waals surface area contributed by atoms with E-state index in [2.05, 4.69) is 10.2 Å². The van der Waals surface area contributed by atoms with Crippen molar-refractivity contribution >= 4 is 17.8 Å². The number of nitrogens with zero attached hydrogens (tertiary/aromatic N) is 2. The molecule has 0 aliphatic carbocycles. The molecule has 1 heterocycles. The number of aryl methyl sites for hydroxylation is 1. The third-order valence-corrected chi connectivity index (χ3v) is 6.90. The number of hydrogen-bond donors (Lipinski definition) is 2. The monoisotopic (exact) mass is 495 g/mol. The van der Waals surface area contributed by atoms with E-state index in [0.29, 0.717) is 38.9 Å². The number of benzene rings is 2. The van der Waals surface area contributed by atoms with Crippen LogP contribution in [0.1, 0.15) is 36.3 Å². The van der Waals surface area contributed by atoms with Crippen molar-refractivity contribution in [3.05, 3.63) is 71.8 Å². The Balaban J connectivity index is 1.65. The molecule has 0 spiro atoms. The van der Waals surface area contributed by atoms with E-state index in [1.807, 2.05) is 60.7 Å². The summed E-state index contributed by atoms with van der Waals surface area (Å²) in [6.07, 6.45) is 1.68. The maximum absolute atomic E-state index is 13.2. The van der Waals surface area contributed by atoms with Gasteiger partial charge in [-0.05, 0) is 30.4 Å². The number of carbonyl (C=O) groups excluding carboxylic acids is 3. The van der Waals surface area contributed by atoms with Crippen LogP contribution in [0.3, 0.4) is 0 Å². The second-order valence-electron chi connectivity index (χ2n) is 9.35. The van der Waals surface area contributed by atoms with E-state index in [-0.39, 0.29) is 31.4 Å². The Kier molecular flexibility index (Phi) is 10.0. The third kappa shape index (κ3) is 7.15. The van der Waals surface area contributed by atoms with Crippen LogP contribution in [0.5, 0.6) is 0 Å². The number of methoxy groups -OCH3 is 1. The number of rotatable bonds is 11. The van der Waals surface area contributed by atoms with Crippen molar-refractivity contribution < 1.29 is 24.2 Å². The Morgan fingerprint density at radius 1 is 1.06 bits per heavy atom. The zero-order chi connectivity index (χ0) is 26.0. The van der Waals surface area contributed by atoms with E-state index >= 15 is 0 Å². The van der Waals surface area contributed by atoms with Gasteiger partial charge in [0.15, 0.2) is 0 Å². The lowest BCUT2D eigenvalue weighted by atomic mass is 9.86. The molecule has 194 valence electrons. The minimum Gasteiger partial charge on any atom is -0.467 e. The van der Waals surface area contributed by atoms with Crippen LogP contribution in [-0.2, 0) is 25.5 Å². The first-order valence-electron chi connectivity index (χ1n) is 12.4. The molecule has 0 bridgehead atoms. The molecule has 36 heavy (non-hydrogen) atoms. The zero-order valence-corrected chi connectivity index (χ0v) is 21.2. The van der Waals surface area contributed by atoms with Crippen LogP contribution in [0.2, 0.25) is 0 Å². The van der Waals surface area contributed by atoms with Crippen LogP contribution in [0.25, 0.3) is 0 Å². The molecule has 2 N–H and O–H groups in total. The van der Waals surface area contributed by atoms with Crippen LogP contribution < -0.4 is 5.32 Å². The highest BCUT2D eigenvalue weighted by Gasteiger charge is 2.44. The molecule has 8 heteroatoms. The van der Waals surface area contributed by atoms with Crippen molar-refractivity contribution in [1.82, 2.24) is 15.1 Å². The Morgan fingerprint density at radius 3 is 2.25 bits per heavy atom. The quantitative estimate of drug-likeness (QED) is 0.463. The maximum Gasteiger partial charge on any atom is 0.331 e. The molecule has 2 amide bonds. The number of piperidine rings is 1. The maximum atomic E-state index is 13.2. The summed E-state index contributed by atoms with van der Waals surface area (Å²) < 4.78 is 5.08. The zero-order valence-electron chi connectivity index (χ0n) is 21.2. The number of aliphatic hydroxyl groups is 1. The highest BCUT2D eigenvalue weighted by atomic mass is 16.5. The van der Waals surface area contributed by atoms with Gasteiger partial charge in [-0.2, -0.15) is 0 Å². The fraction of sp³-hybridized carbons (Fsp3) is 0.464.